The van der Waals surface area contributed by atoms with Gasteiger partial charge in [-0.25, -0.2) is 0 Å². The molecule has 0 saturated heterocycles. The first-order valence-electron chi connectivity index (χ1n) is 5.98. The van der Waals surface area contributed by atoms with Crippen LogP contribution in [-0.4, -0.2) is 20.2 Å². The average molecular weight is 269 g/mol. The Kier molecular flexibility index (Phi) is 3.53. The molecule has 2 rings (SSSR count). The van der Waals surface area contributed by atoms with Crippen molar-refractivity contribution in [2.45, 2.75) is 31.6 Å². The maximum absolute atomic E-state index is 12.0. The van der Waals surface area contributed by atoms with Gasteiger partial charge < -0.3 is 9.47 Å². The first-order valence-corrected chi connectivity index (χ1v) is 6.36. The zero-order valence-electron chi connectivity index (χ0n) is 10.9. The zero-order valence-corrected chi connectivity index (χ0v) is 11.6. The topological polar surface area (TPSA) is 35.5 Å². The molecule has 98 valence electrons. The lowest BCUT2D eigenvalue weighted by atomic mass is 9.63. The number of benzene rings is 1. The van der Waals surface area contributed by atoms with Gasteiger partial charge in [-0.2, -0.15) is 0 Å². The fraction of sp³-hybridized carbons (Fsp3) is 0.500. The molecule has 0 aromatic heterocycles. The molecule has 0 N–H and O–H groups in total. The molecule has 0 spiro atoms. The van der Waals surface area contributed by atoms with Crippen LogP contribution < -0.4 is 4.74 Å². The summed E-state index contributed by atoms with van der Waals surface area (Å²) in [5, 5.41) is 0.535. The van der Waals surface area contributed by atoms with Crippen LogP contribution in [0, 0.1) is 6.92 Å². The molecule has 18 heavy (non-hydrogen) atoms. The van der Waals surface area contributed by atoms with Gasteiger partial charge in [0.1, 0.15) is 5.75 Å². The molecule has 0 aliphatic heterocycles. The molecule has 0 atom stereocenters. The van der Waals surface area contributed by atoms with E-state index in [0.29, 0.717) is 10.8 Å². The Bertz CT molecular complexity index is 478. The van der Waals surface area contributed by atoms with Gasteiger partial charge in [-0.3, -0.25) is 4.79 Å². The molecule has 0 radical (unpaired) electrons. The molecule has 1 aromatic rings. The number of hydrogen-bond acceptors (Lipinski definition) is 3. The molecule has 1 fully saturated rings. The third-order valence-corrected chi connectivity index (χ3v) is 4.09. The Balaban J connectivity index is 2.50. The summed E-state index contributed by atoms with van der Waals surface area (Å²) in [5.74, 6) is 0.468. The van der Waals surface area contributed by atoms with Crippen molar-refractivity contribution in [2.24, 2.45) is 0 Å². The molecule has 1 saturated carbocycles. The van der Waals surface area contributed by atoms with Gasteiger partial charge in [-0.05, 0) is 43.0 Å². The Morgan fingerprint density at radius 3 is 2.44 bits per heavy atom. The fourth-order valence-electron chi connectivity index (χ4n) is 2.64. The second-order valence-corrected chi connectivity index (χ2v) is 5.14. The van der Waals surface area contributed by atoms with Crippen LogP contribution in [0.5, 0.6) is 5.75 Å². The number of esters is 1. The van der Waals surface area contributed by atoms with Crippen molar-refractivity contribution >= 4 is 17.6 Å². The molecule has 3 nitrogen and oxygen atoms in total. The van der Waals surface area contributed by atoms with Crippen molar-refractivity contribution in [1.29, 1.82) is 0 Å². The lowest BCUT2D eigenvalue weighted by Gasteiger charge is -2.40. The van der Waals surface area contributed by atoms with Crippen LogP contribution >= 0.6 is 11.6 Å². The van der Waals surface area contributed by atoms with Crippen molar-refractivity contribution < 1.29 is 14.3 Å². The molecule has 4 heteroatoms. The van der Waals surface area contributed by atoms with Crippen molar-refractivity contribution in [2.75, 3.05) is 14.2 Å². The summed E-state index contributed by atoms with van der Waals surface area (Å²) in [4.78, 5) is 12.0. The summed E-state index contributed by atoms with van der Waals surface area (Å²) < 4.78 is 10.1. The summed E-state index contributed by atoms with van der Waals surface area (Å²) in [6, 6.07) is 3.71. The smallest absolute Gasteiger partial charge is 0.316 e. The molecular weight excluding hydrogens is 252 g/mol. The van der Waals surface area contributed by atoms with E-state index in [1.165, 1.54) is 7.11 Å². The van der Waals surface area contributed by atoms with E-state index in [1.807, 2.05) is 19.1 Å². The van der Waals surface area contributed by atoms with Crippen molar-refractivity contribution in [3.8, 4) is 5.75 Å². The largest absolute Gasteiger partial charge is 0.495 e. The first-order chi connectivity index (χ1) is 8.55. The monoisotopic (exact) mass is 268 g/mol. The zero-order chi connectivity index (χ0) is 13.3. The lowest BCUT2D eigenvalue weighted by Crippen LogP contribution is -2.43. The normalized spacial score (nSPS) is 16.9. The van der Waals surface area contributed by atoms with Crippen LogP contribution in [0.2, 0.25) is 5.02 Å². The number of methoxy groups -OCH3 is 2. The second kappa shape index (κ2) is 4.81. The van der Waals surface area contributed by atoms with E-state index in [4.69, 9.17) is 21.1 Å². The molecule has 0 heterocycles. The number of carbonyl (C=O) groups excluding carboxylic acids is 1. The van der Waals surface area contributed by atoms with E-state index in [1.54, 1.807) is 7.11 Å². The summed E-state index contributed by atoms with van der Waals surface area (Å²) >= 11 is 6.16. The highest BCUT2D eigenvalue weighted by atomic mass is 35.5. The molecule has 0 bridgehead atoms. The maximum atomic E-state index is 12.0. The van der Waals surface area contributed by atoms with E-state index in [-0.39, 0.29) is 5.97 Å². The van der Waals surface area contributed by atoms with Crippen LogP contribution in [0.15, 0.2) is 12.1 Å². The van der Waals surface area contributed by atoms with Gasteiger partial charge in [-0.1, -0.05) is 18.0 Å². The Morgan fingerprint density at radius 1 is 1.33 bits per heavy atom. The van der Waals surface area contributed by atoms with Gasteiger partial charge in [-0.15, -0.1) is 0 Å². The van der Waals surface area contributed by atoms with E-state index in [2.05, 4.69) is 0 Å². The third-order valence-electron chi connectivity index (χ3n) is 3.80. The van der Waals surface area contributed by atoms with Gasteiger partial charge in [0.2, 0.25) is 0 Å². The van der Waals surface area contributed by atoms with Crippen LogP contribution in [-0.2, 0) is 14.9 Å². The minimum absolute atomic E-state index is 0.168. The maximum Gasteiger partial charge on any atom is 0.316 e. The predicted octanol–water partition coefficient (Wildman–Crippen LogP) is 3.25. The molecule has 0 unspecified atom stereocenters. The van der Waals surface area contributed by atoms with E-state index >= 15 is 0 Å². The minimum Gasteiger partial charge on any atom is -0.495 e. The predicted molar refractivity (Wildman–Crippen MR) is 70.3 cm³/mol. The van der Waals surface area contributed by atoms with Crippen LogP contribution in [0.1, 0.15) is 30.4 Å². The average Bonchev–Trinajstić information content (AvgIpc) is 2.31. The molecule has 1 aliphatic carbocycles. The number of halogens is 1. The van der Waals surface area contributed by atoms with Crippen molar-refractivity contribution in [3.63, 3.8) is 0 Å². The van der Waals surface area contributed by atoms with E-state index in [9.17, 15) is 4.79 Å². The number of hydrogen-bond donors (Lipinski definition) is 0. The highest BCUT2D eigenvalue weighted by Gasteiger charge is 2.47. The first kappa shape index (κ1) is 13.2. The third kappa shape index (κ3) is 1.87. The van der Waals surface area contributed by atoms with E-state index in [0.717, 1.165) is 30.4 Å². The molecule has 0 amide bonds. The van der Waals surface area contributed by atoms with Crippen LogP contribution in [0.3, 0.4) is 0 Å². The second-order valence-electron chi connectivity index (χ2n) is 4.73. The van der Waals surface area contributed by atoms with Gasteiger partial charge in [0.15, 0.2) is 0 Å². The summed E-state index contributed by atoms with van der Waals surface area (Å²) in [6.07, 6.45) is 2.69. The highest BCUT2D eigenvalue weighted by molar-refractivity contribution is 6.32. The lowest BCUT2D eigenvalue weighted by molar-refractivity contribution is -0.151. The Labute approximate surface area is 112 Å². The van der Waals surface area contributed by atoms with Crippen LogP contribution in [0.25, 0.3) is 0 Å². The number of rotatable bonds is 3. The van der Waals surface area contributed by atoms with Gasteiger partial charge in [0, 0.05) is 0 Å². The molecule has 1 aromatic carbocycles. The number of ether oxygens (including phenoxy) is 2. The number of aryl methyl sites for hydroxylation is 1. The van der Waals surface area contributed by atoms with Gasteiger partial charge in [0.05, 0.1) is 24.7 Å². The molecular formula is C14H17ClO3. The SMILES string of the molecule is COC(=O)C1(c2cc(Cl)c(OC)cc2C)CCC1. The fourth-order valence-corrected chi connectivity index (χ4v) is 2.88. The minimum atomic E-state index is -0.505. The van der Waals surface area contributed by atoms with Crippen molar-refractivity contribution in [1.82, 2.24) is 0 Å². The van der Waals surface area contributed by atoms with Gasteiger partial charge >= 0.3 is 5.97 Å². The van der Waals surface area contributed by atoms with E-state index < -0.39 is 5.41 Å². The summed E-state index contributed by atoms with van der Waals surface area (Å²) in [5.41, 5.74) is 1.47. The van der Waals surface area contributed by atoms with Crippen LogP contribution in [0.4, 0.5) is 0 Å². The number of carbonyl (C=O) groups is 1. The van der Waals surface area contributed by atoms with Gasteiger partial charge in [0.25, 0.3) is 0 Å². The standard InChI is InChI=1S/C14H17ClO3/c1-9-7-12(17-2)11(15)8-10(9)14(5-4-6-14)13(16)18-3/h7-8H,4-6H2,1-3H3. The highest BCUT2D eigenvalue weighted by Crippen LogP contribution is 2.47. The Hall–Kier alpha value is -1.22. The summed E-state index contributed by atoms with van der Waals surface area (Å²) in [6.45, 7) is 1.97. The summed E-state index contributed by atoms with van der Waals surface area (Å²) in [7, 11) is 3.02. The van der Waals surface area contributed by atoms with Crippen molar-refractivity contribution in [3.05, 3.63) is 28.3 Å². The quantitative estimate of drug-likeness (QED) is 0.790. The Morgan fingerprint density at radius 2 is 2.00 bits per heavy atom. The molecule has 1 aliphatic rings.